The number of aryl methyl sites for hydroxylation is 1. The van der Waals surface area contributed by atoms with Crippen LogP contribution in [0.3, 0.4) is 0 Å². The van der Waals surface area contributed by atoms with Gasteiger partial charge in [0.25, 0.3) is 5.69 Å². The maximum Gasteiger partial charge on any atom is 0.269 e. The van der Waals surface area contributed by atoms with Crippen molar-refractivity contribution >= 4 is 17.7 Å². The average Bonchev–Trinajstić information content (AvgIpc) is 2.96. The first-order valence-electron chi connectivity index (χ1n) is 7.48. The van der Waals surface area contributed by atoms with Crippen LogP contribution in [0.5, 0.6) is 0 Å². The summed E-state index contributed by atoms with van der Waals surface area (Å²) in [4.78, 5) is 26.5. The summed E-state index contributed by atoms with van der Waals surface area (Å²) in [7, 11) is 0. The van der Waals surface area contributed by atoms with Crippen molar-refractivity contribution in [2.24, 2.45) is 5.92 Å². The number of rotatable bonds is 6. The van der Waals surface area contributed by atoms with E-state index < -0.39 is 4.92 Å². The Hall–Kier alpha value is -3.03. The van der Waals surface area contributed by atoms with Crippen molar-refractivity contribution in [3.63, 3.8) is 0 Å². The van der Waals surface area contributed by atoms with Crippen LogP contribution < -0.4 is 5.32 Å². The molecule has 1 aromatic carbocycles. The zero-order valence-corrected chi connectivity index (χ0v) is 13.7. The molecule has 1 amide bonds. The number of nitrogens with zero attached hydrogens (tertiary/aromatic N) is 3. The Labute approximate surface area is 139 Å². The molecule has 1 aromatic heterocycles. The third kappa shape index (κ3) is 4.48. The fourth-order valence-electron chi connectivity index (χ4n) is 2.11. The first-order chi connectivity index (χ1) is 11.4. The van der Waals surface area contributed by atoms with Crippen molar-refractivity contribution < 1.29 is 9.72 Å². The monoisotopic (exact) mass is 329 g/mol. The minimum absolute atomic E-state index is 0.0106. The molecule has 0 aliphatic heterocycles. The molecule has 0 unspecified atom stereocenters. The topological polar surface area (TPSA) is 114 Å². The van der Waals surface area contributed by atoms with E-state index in [1.165, 1.54) is 18.2 Å². The van der Waals surface area contributed by atoms with E-state index in [1.54, 1.807) is 25.1 Å². The summed E-state index contributed by atoms with van der Waals surface area (Å²) in [6.07, 6.45) is 2.98. The number of aromatic nitrogens is 3. The van der Waals surface area contributed by atoms with Gasteiger partial charge in [0.05, 0.1) is 11.0 Å². The van der Waals surface area contributed by atoms with Crippen molar-refractivity contribution in [1.82, 2.24) is 20.5 Å². The van der Waals surface area contributed by atoms with E-state index in [2.05, 4.69) is 20.5 Å². The van der Waals surface area contributed by atoms with Gasteiger partial charge in [-0.25, -0.2) is 4.98 Å². The number of carbonyl (C=O) groups is 1. The van der Waals surface area contributed by atoms with Crippen molar-refractivity contribution in [3.8, 4) is 0 Å². The molecule has 2 N–H and O–H groups in total. The number of hydrogen-bond acceptors (Lipinski definition) is 5. The fourth-order valence-corrected chi connectivity index (χ4v) is 2.11. The highest BCUT2D eigenvalue weighted by molar-refractivity contribution is 5.92. The molecule has 2 rings (SSSR count). The number of nitro groups is 1. The Balaban J connectivity index is 2.03. The molecule has 0 saturated carbocycles. The van der Waals surface area contributed by atoms with Gasteiger partial charge in [-0.3, -0.25) is 20.0 Å². The zero-order chi connectivity index (χ0) is 17.7. The second-order valence-electron chi connectivity index (χ2n) is 5.69. The lowest BCUT2D eigenvalue weighted by atomic mass is 10.0. The summed E-state index contributed by atoms with van der Waals surface area (Å²) in [5, 5.41) is 20.3. The Bertz CT molecular complexity index is 749. The molecule has 0 saturated heterocycles. The number of non-ortho nitro benzene ring substituents is 1. The molecule has 0 fully saturated rings. The van der Waals surface area contributed by atoms with E-state index >= 15 is 0 Å². The quantitative estimate of drug-likeness (QED) is 0.480. The number of nitro benzene ring substituents is 1. The summed E-state index contributed by atoms with van der Waals surface area (Å²) >= 11 is 0. The molecule has 0 spiro atoms. The Kier molecular flexibility index (Phi) is 5.41. The molecule has 1 heterocycles. The van der Waals surface area contributed by atoms with Gasteiger partial charge in [0, 0.05) is 18.2 Å². The summed E-state index contributed by atoms with van der Waals surface area (Å²) in [5.41, 5.74) is 0.710. The normalized spacial score (nSPS) is 12.5. The van der Waals surface area contributed by atoms with Crippen LogP contribution in [0, 0.1) is 23.0 Å². The highest BCUT2D eigenvalue weighted by atomic mass is 16.6. The van der Waals surface area contributed by atoms with E-state index in [0.717, 1.165) is 0 Å². The summed E-state index contributed by atoms with van der Waals surface area (Å²) in [5.74, 6) is 1.07. The lowest BCUT2D eigenvalue weighted by Crippen LogP contribution is -2.31. The van der Waals surface area contributed by atoms with Crippen LogP contribution in [-0.4, -0.2) is 26.0 Å². The van der Waals surface area contributed by atoms with Gasteiger partial charge < -0.3 is 5.32 Å². The summed E-state index contributed by atoms with van der Waals surface area (Å²) < 4.78 is 0. The van der Waals surface area contributed by atoms with Crippen molar-refractivity contribution in [2.45, 2.75) is 26.8 Å². The highest BCUT2D eigenvalue weighted by Gasteiger charge is 2.21. The molecule has 0 bridgehead atoms. The highest BCUT2D eigenvalue weighted by Crippen LogP contribution is 2.18. The molecule has 0 radical (unpaired) electrons. The maximum atomic E-state index is 12.1. The number of benzene rings is 1. The van der Waals surface area contributed by atoms with Gasteiger partial charge in [0.15, 0.2) is 5.82 Å². The number of aromatic amines is 1. The van der Waals surface area contributed by atoms with E-state index in [-0.39, 0.29) is 23.6 Å². The summed E-state index contributed by atoms with van der Waals surface area (Å²) in [6, 6.07) is 5.65. The third-order valence-corrected chi connectivity index (χ3v) is 3.39. The lowest BCUT2D eigenvalue weighted by molar-refractivity contribution is -0.384. The SMILES string of the molecule is Cc1nc([C@H](NC(=O)/C=C/c2ccc([N+](=O)[O-])cc2)C(C)C)n[nH]1. The van der Waals surface area contributed by atoms with E-state index in [0.29, 0.717) is 17.2 Å². The average molecular weight is 329 g/mol. The van der Waals surface area contributed by atoms with Crippen molar-refractivity contribution in [1.29, 1.82) is 0 Å². The number of hydrogen-bond donors (Lipinski definition) is 2. The predicted octanol–water partition coefficient (Wildman–Crippen LogP) is 2.55. The van der Waals surface area contributed by atoms with E-state index in [1.807, 2.05) is 13.8 Å². The minimum atomic E-state index is -0.466. The second-order valence-corrected chi connectivity index (χ2v) is 5.69. The Morgan fingerprint density at radius 3 is 2.50 bits per heavy atom. The Morgan fingerprint density at radius 2 is 2.00 bits per heavy atom. The molecule has 0 aliphatic rings. The molecule has 8 heteroatoms. The molecule has 0 aliphatic carbocycles. The molecule has 8 nitrogen and oxygen atoms in total. The lowest BCUT2D eigenvalue weighted by Gasteiger charge is -2.18. The molecule has 2 aromatic rings. The fraction of sp³-hybridized carbons (Fsp3) is 0.312. The Morgan fingerprint density at radius 1 is 1.33 bits per heavy atom. The van der Waals surface area contributed by atoms with Crippen molar-refractivity contribution in [2.75, 3.05) is 0 Å². The van der Waals surface area contributed by atoms with Gasteiger partial charge in [-0.1, -0.05) is 13.8 Å². The largest absolute Gasteiger partial charge is 0.342 e. The third-order valence-electron chi connectivity index (χ3n) is 3.39. The molecule has 126 valence electrons. The van der Waals surface area contributed by atoms with Gasteiger partial charge in [0.2, 0.25) is 5.91 Å². The first-order valence-corrected chi connectivity index (χ1v) is 7.48. The summed E-state index contributed by atoms with van der Waals surface area (Å²) in [6.45, 7) is 5.73. The molecule has 1 atom stereocenters. The number of amides is 1. The number of H-pyrrole nitrogens is 1. The van der Waals surface area contributed by atoms with Crippen LogP contribution >= 0.6 is 0 Å². The maximum absolute atomic E-state index is 12.1. The smallest absolute Gasteiger partial charge is 0.269 e. The van der Waals surface area contributed by atoms with Gasteiger partial charge in [0.1, 0.15) is 5.82 Å². The van der Waals surface area contributed by atoms with Gasteiger partial charge in [-0.05, 0) is 36.6 Å². The van der Waals surface area contributed by atoms with Crippen LogP contribution in [0.2, 0.25) is 0 Å². The molecular formula is C16H19N5O3. The molecule has 24 heavy (non-hydrogen) atoms. The van der Waals surface area contributed by atoms with Crippen LogP contribution in [0.15, 0.2) is 30.3 Å². The van der Waals surface area contributed by atoms with Crippen molar-refractivity contribution in [3.05, 3.63) is 57.7 Å². The zero-order valence-electron chi connectivity index (χ0n) is 13.7. The van der Waals surface area contributed by atoms with Crippen LogP contribution in [0.4, 0.5) is 5.69 Å². The second kappa shape index (κ2) is 7.49. The van der Waals surface area contributed by atoms with Crippen LogP contribution in [0.1, 0.15) is 37.1 Å². The van der Waals surface area contributed by atoms with Crippen LogP contribution in [0.25, 0.3) is 6.08 Å². The van der Waals surface area contributed by atoms with Crippen LogP contribution in [-0.2, 0) is 4.79 Å². The standard InChI is InChI=1S/C16H19N5O3/c1-10(2)15(16-17-11(3)19-20-16)18-14(22)9-6-12-4-7-13(8-5-12)21(23)24/h4-10,15H,1-3H3,(H,18,22)(H,17,19,20)/b9-6+/t15-/m1/s1. The van der Waals surface area contributed by atoms with Gasteiger partial charge in [-0.15, -0.1) is 0 Å². The van der Waals surface area contributed by atoms with Gasteiger partial charge in [-0.2, -0.15) is 5.10 Å². The minimum Gasteiger partial charge on any atom is -0.342 e. The predicted molar refractivity (Wildman–Crippen MR) is 89.0 cm³/mol. The molecular weight excluding hydrogens is 310 g/mol. The van der Waals surface area contributed by atoms with E-state index in [9.17, 15) is 14.9 Å². The van der Waals surface area contributed by atoms with E-state index in [4.69, 9.17) is 0 Å². The first kappa shape index (κ1) is 17.3. The van der Waals surface area contributed by atoms with Gasteiger partial charge >= 0.3 is 0 Å². The number of carbonyl (C=O) groups excluding carboxylic acids is 1. The number of nitrogens with one attached hydrogen (secondary N) is 2.